The smallest absolute Gasteiger partial charge is 0.309 e. The van der Waals surface area contributed by atoms with Crippen LogP contribution in [0.4, 0.5) is 0 Å². The summed E-state index contributed by atoms with van der Waals surface area (Å²) in [5.74, 6) is -0.988. The Labute approximate surface area is 127 Å². The van der Waals surface area contributed by atoms with Gasteiger partial charge in [0.05, 0.1) is 30.5 Å². The molecule has 1 aliphatic heterocycles. The van der Waals surface area contributed by atoms with E-state index >= 15 is 0 Å². The van der Waals surface area contributed by atoms with Crippen LogP contribution in [0.2, 0.25) is 0 Å². The average Bonchev–Trinajstić information content (AvgIpc) is 3.12. The summed E-state index contributed by atoms with van der Waals surface area (Å²) in [5.41, 5.74) is 0.715. The number of carboxylic acid groups (broad SMARTS) is 1. The molecular weight excluding hydrogens is 286 g/mol. The fourth-order valence-corrected chi connectivity index (χ4v) is 3.01. The number of rotatable bonds is 4. The molecule has 1 amide bonds. The summed E-state index contributed by atoms with van der Waals surface area (Å²) in [5, 5.41) is 13.6. The summed E-state index contributed by atoms with van der Waals surface area (Å²) in [4.78, 5) is 25.6. The highest BCUT2D eigenvalue weighted by molar-refractivity contribution is 5.81. The molecule has 0 radical (unpaired) electrons. The molecule has 0 aromatic carbocycles. The molecule has 3 heterocycles. The Kier molecular flexibility index (Phi) is 3.70. The minimum atomic E-state index is -0.900. The van der Waals surface area contributed by atoms with Gasteiger partial charge in [-0.25, -0.2) is 0 Å². The van der Waals surface area contributed by atoms with Gasteiger partial charge < -0.3 is 14.4 Å². The van der Waals surface area contributed by atoms with Crippen molar-refractivity contribution in [3.63, 3.8) is 0 Å². The number of nitrogens with zero attached hydrogens (tertiary/aromatic N) is 3. The van der Waals surface area contributed by atoms with Crippen LogP contribution in [0.15, 0.2) is 35.1 Å². The predicted molar refractivity (Wildman–Crippen MR) is 75.6 cm³/mol. The summed E-state index contributed by atoms with van der Waals surface area (Å²) >= 11 is 0. The van der Waals surface area contributed by atoms with E-state index in [2.05, 4.69) is 5.10 Å². The van der Waals surface area contributed by atoms with E-state index in [1.54, 1.807) is 41.0 Å². The fourth-order valence-electron chi connectivity index (χ4n) is 3.01. The summed E-state index contributed by atoms with van der Waals surface area (Å²) in [6.07, 6.45) is 3.71. The van der Waals surface area contributed by atoms with Crippen molar-refractivity contribution >= 4 is 11.9 Å². The molecule has 0 spiro atoms. The molecule has 0 bridgehead atoms. The lowest BCUT2D eigenvalue weighted by atomic mass is 9.86. The van der Waals surface area contributed by atoms with E-state index in [9.17, 15) is 14.7 Å². The normalized spacial score (nSPS) is 22.0. The minimum absolute atomic E-state index is 0.0694. The van der Waals surface area contributed by atoms with Crippen LogP contribution >= 0.6 is 0 Å². The second-order valence-corrected chi connectivity index (χ2v) is 5.41. The number of aromatic nitrogens is 2. The van der Waals surface area contributed by atoms with E-state index in [-0.39, 0.29) is 18.9 Å². The van der Waals surface area contributed by atoms with Gasteiger partial charge in [0, 0.05) is 19.7 Å². The Balaban J connectivity index is 1.99. The largest absolute Gasteiger partial charge is 0.481 e. The first-order valence-electron chi connectivity index (χ1n) is 7.10. The summed E-state index contributed by atoms with van der Waals surface area (Å²) < 4.78 is 6.93. The Hall–Kier alpha value is -2.57. The van der Waals surface area contributed by atoms with Gasteiger partial charge in [0.25, 0.3) is 0 Å². The number of amides is 1. The van der Waals surface area contributed by atoms with Crippen LogP contribution in [0, 0.1) is 5.92 Å². The zero-order valence-corrected chi connectivity index (χ0v) is 12.2. The number of hydrogen-bond donors (Lipinski definition) is 1. The molecule has 1 fully saturated rings. The standard InChI is InChI=1S/C15H17N3O4/c1-17-12(6-7-16-17)14-11(15(20)21)4-5-13(19)18(14)9-10-3-2-8-22-10/h2-3,6-8,11,14H,4-5,9H2,1H3,(H,20,21)/t11-,14-/m0/s1. The van der Waals surface area contributed by atoms with Gasteiger partial charge >= 0.3 is 5.97 Å². The van der Waals surface area contributed by atoms with Crippen LogP contribution in [0.5, 0.6) is 0 Å². The Morgan fingerprint density at radius 3 is 2.91 bits per heavy atom. The molecule has 7 heteroatoms. The van der Waals surface area contributed by atoms with E-state index in [4.69, 9.17) is 4.42 Å². The van der Waals surface area contributed by atoms with Crippen molar-refractivity contribution in [2.75, 3.05) is 0 Å². The maximum Gasteiger partial charge on any atom is 0.309 e. The molecule has 1 N–H and O–H groups in total. The molecule has 2 aromatic heterocycles. The first-order chi connectivity index (χ1) is 10.6. The van der Waals surface area contributed by atoms with Crippen molar-refractivity contribution in [2.24, 2.45) is 13.0 Å². The highest BCUT2D eigenvalue weighted by Gasteiger charge is 2.42. The third-order valence-corrected chi connectivity index (χ3v) is 4.09. The monoisotopic (exact) mass is 303 g/mol. The highest BCUT2D eigenvalue weighted by atomic mass is 16.4. The number of aliphatic carboxylic acids is 1. The molecular formula is C15H17N3O4. The highest BCUT2D eigenvalue weighted by Crippen LogP contribution is 2.37. The molecule has 0 saturated carbocycles. The molecule has 1 aliphatic rings. The summed E-state index contributed by atoms with van der Waals surface area (Å²) in [6.45, 7) is 0.255. The van der Waals surface area contributed by atoms with E-state index in [1.807, 2.05) is 0 Å². The molecule has 2 atom stereocenters. The van der Waals surface area contributed by atoms with Gasteiger partial charge in [0.1, 0.15) is 5.76 Å². The van der Waals surface area contributed by atoms with Crippen molar-refractivity contribution in [2.45, 2.75) is 25.4 Å². The van der Waals surface area contributed by atoms with E-state index in [0.717, 1.165) is 0 Å². The van der Waals surface area contributed by atoms with Crippen LogP contribution in [-0.2, 0) is 23.2 Å². The fraction of sp³-hybridized carbons (Fsp3) is 0.400. The summed E-state index contributed by atoms with van der Waals surface area (Å²) in [7, 11) is 1.75. The first-order valence-corrected chi connectivity index (χ1v) is 7.10. The SMILES string of the molecule is Cn1nccc1[C@@H]1[C@@H](C(=O)O)CCC(=O)N1Cc1ccco1. The summed E-state index contributed by atoms with van der Waals surface area (Å²) in [6, 6.07) is 4.74. The lowest BCUT2D eigenvalue weighted by Crippen LogP contribution is -2.45. The van der Waals surface area contributed by atoms with Crippen LogP contribution in [0.1, 0.15) is 30.3 Å². The van der Waals surface area contributed by atoms with Crippen LogP contribution in [0.25, 0.3) is 0 Å². The van der Waals surface area contributed by atoms with E-state index in [1.165, 1.54) is 6.26 Å². The molecule has 0 unspecified atom stereocenters. The Bertz CT molecular complexity index is 677. The molecule has 3 rings (SSSR count). The van der Waals surface area contributed by atoms with Crippen LogP contribution < -0.4 is 0 Å². The second-order valence-electron chi connectivity index (χ2n) is 5.41. The third kappa shape index (κ3) is 2.49. The quantitative estimate of drug-likeness (QED) is 0.926. The van der Waals surface area contributed by atoms with Gasteiger partial charge in [0.15, 0.2) is 0 Å². The van der Waals surface area contributed by atoms with Gasteiger partial charge in [-0.15, -0.1) is 0 Å². The lowest BCUT2D eigenvalue weighted by molar-refractivity contribution is -0.153. The van der Waals surface area contributed by atoms with Gasteiger partial charge in [-0.1, -0.05) is 0 Å². The maximum atomic E-state index is 12.4. The van der Waals surface area contributed by atoms with Gasteiger partial charge in [-0.05, 0) is 24.6 Å². The van der Waals surface area contributed by atoms with E-state index in [0.29, 0.717) is 17.9 Å². The van der Waals surface area contributed by atoms with Crippen LogP contribution in [-0.4, -0.2) is 31.7 Å². The van der Waals surface area contributed by atoms with Gasteiger partial charge in [-0.3, -0.25) is 14.3 Å². The van der Waals surface area contributed by atoms with Crippen molar-refractivity contribution in [1.29, 1.82) is 0 Å². The molecule has 0 aliphatic carbocycles. The number of likely N-dealkylation sites (tertiary alicyclic amines) is 1. The van der Waals surface area contributed by atoms with E-state index < -0.39 is 17.9 Å². The van der Waals surface area contributed by atoms with Crippen molar-refractivity contribution in [1.82, 2.24) is 14.7 Å². The minimum Gasteiger partial charge on any atom is -0.481 e. The first kappa shape index (κ1) is 14.4. The van der Waals surface area contributed by atoms with Crippen LogP contribution in [0.3, 0.4) is 0 Å². The zero-order chi connectivity index (χ0) is 15.7. The van der Waals surface area contributed by atoms with Crippen molar-refractivity contribution in [3.05, 3.63) is 42.1 Å². The molecule has 22 heavy (non-hydrogen) atoms. The Morgan fingerprint density at radius 1 is 1.50 bits per heavy atom. The van der Waals surface area contributed by atoms with Gasteiger partial charge in [-0.2, -0.15) is 5.10 Å². The predicted octanol–water partition coefficient (Wildman–Crippen LogP) is 1.58. The lowest BCUT2D eigenvalue weighted by Gasteiger charge is -2.39. The Morgan fingerprint density at radius 2 is 2.32 bits per heavy atom. The number of carboxylic acids is 1. The van der Waals surface area contributed by atoms with Crippen molar-refractivity contribution < 1.29 is 19.1 Å². The number of aryl methyl sites for hydroxylation is 1. The third-order valence-electron chi connectivity index (χ3n) is 4.09. The number of carbonyl (C=O) groups excluding carboxylic acids is 1. The van der Waals surface area contributed by atoms with Gasteiger partial charge in [0.2, 0.25) is 5.91 Å². The number of carbonyl (C=O) groups is 2. The van der Waals surface area contributed by atoms with Crippen molar-refractivity contribution in [3.8, 4) is 0 Å². The number of hydrogen-bond acceptors (Lipinski definition) is 4. The topological polar surface area (TPSA) is 88.6 Å². The second kappa shape index (κ2) is 5.67. The number of piperidine rings is 1. The molecule has 2 aromatic rings. The maximum absolute atomic E-state index is 12.4. The molecule has 1 saturated heterocycles. The number of furan rings is 1. The average molecular weight is 303 g/mol. The molecule has 116 valence electrons. The zero-order valence-electron chi connectivity index (χ0n) is 12.2. The molecule has 7 nitrogen and oxygen atoms in total.